The van der Waals surface area contributed by atoms with Crippen LogP contribution in [0.15, 0.2) is 76.7 Å². The van der Waals surface area contributed by atoms with E-state index in [1.54, 1.807) is 24.3 Å². The van der Waals surface area contributed by atoms with Crippen LogP contribution in [-0.4, -0.2) is 31.8 Å². The van der Waals surface area contributed by atoms with Crippen molar-refractivity contribution in [3.63, 3.8) is 0 Å². The van der Waals surface area contributed by atoms with Crippen molar-refractivity contribution < 1.29 is 13.2 Å². The highest BCUT2D eigenvalue weighted by atomic mass is 32.2. The van der Waals surface area contributed by atoms with E-state index in [1.807, 2.05) is 42.5 Å². The number of carbonyl (C=O) groups excluding carboxylic acids is 1. The number of aromatic amines is 1. The second kappa shape index (κ2) is 6.94. The van der Waals surface area contributed by atoms with Crippen molar-refractivity contribution >= 4 is 43.6 Å². The molecule has 0 unspecified atom stereocenters. The van der Waals surface area contributed by atoms with Crippen molar-refractivity contribution in [3.05, 3.63) is 78.0 Å². The van der Waals surface area contributed by atoms with Crippen LogP contribution >= 0.6 is 0 Å². The van der Waals surface area contributed by atoms with E-state index in [9.17, 15) is 13.2 Å². The van der Waals surface area contributed by atoms with Crippen LogP contribution in [0.5, 0.6) is 0 Å². The van der Waals surface area contributed by atoms with E-state index in [-0.39, 0.29) is 10.6 Å². The van der Waals surface area contributed by atoms with Gasteiger partial charge in [0.05, 0.1) is 6.21 Å². The quantitative estimate of drug-likeness (QED) is 0.412. The van der Waals surface area contributed by atoms with Crippen LogP contribution in [-0.2, 0) is 9.84 Å². The number of hydrogen-bond donors (Lipinski definition) is 2. The summed E-state index contributed by atoms with van der Waals surface area (Å²) in [5.41, 5.74) is 3.77. The van der Waals surface area contributed by atoms with E-state index < -0.39 is 15.7 Å². The topological polar surface area (TPSA) is 91.4 Å². The molecule has 0 fully saturated rings. The van der Waals surface area contributed by atoms with Gasteiger partial charge in [-0.1, -0.05) is 54.6 Å². The monoisotopic (exact) mass is 391 g/mol. The molecule has 0 spiro atoms. The minimum absolute atomic E-state index is 0.0264. The van der Waals surface area contributed by atoms with Crippen molar-refractivity contribution in [1.82, 2.24) is 10.4 Å². The van der Waals surface area contributed by atoms with Crippen LogP contribution in [0.2, 0.25) is 0 Å². The van der Waals surface area contributed by atoms with Crippen molar-refractivity contribution in [2.24, 2.45) is 5.10 Å². The third kappa shape index (κ3) is 3.39. The molecule has 0 saturated carbocycles. The zero-order valence-electron chi connectivity index (χ0n) is 15.0. The molecule has 0 atom stereocenters. The van der Waals surface area contributed by atoms with Crippen molar-refractivity contribution in [2.45, 2.75) is 4.90 Å². The standard InChI is InChI=1S/C21H17N3O3S/c1-28(26,27)20-17-8-4-5-9-18(17)23-19(20)21(25)24-22-13-14-10-11-15-6-2-3-7-16(15)12-14/h2-13,23H,1H3,(H,24,25). The van der Waals surface area contributed by atoms with Crippen molar-refractivity contribution in [3.8, 4) is 0 Å². The average molecular weight is 391 g/mol. The predicted octanol–water partition coefficient (Wildman–Crippen LogP) is 3.49. The van der Waals surface area contributed by atoms with Gasteiger partial charge >= 0.3 is 0 Å². The van der Waals surface area contributed by atoms with Crippen LogP contribution in [0.3, 0.4) is 0 Å². The van der Waals surface area contributed by atoms with E-state index in [0.717, 1.165) is 22.6 Å². The van der Waals surface area contributed by atoms with Gasteiger partial charge in [-0.05, 0) is 28.5 Å². The Morgan fingerprint density at radius 2 is 1.71 bits per heavy atom. The summed E-state index contributed by atoms with van der Waals surface area (Å²) in [5, 5.41) is 6.63. The molecule has 1 heterocycles. The molecule has 0 saturated heterocycles. The zero-order chi connectivity index (χ0) is 19.7. The largest absolute Gasteiger partial charge is 0.349 e. The maximum Gasteiger partial charge on any atom is 0.289 e. The number of H-pyrrole nitrogens is 1. The lowest BCUT2D eigenvalue weighted by Crippen LogP contribution is -2.20. The first kappa shape index (κ1) is 17.9. The molecule has 1 aromatic heterocycles. The number of aromatic nitrogens is 1. The lowest BCUT2D eigenvalue weighted by atomic mass is 10.1. The minimum Gasteiger partial charge on any atom is -0.349 e. The molecule has 4 rings (SSSR count). The summed E-state index contributed by atoms with van der Waals surface area (Å²) in [6, 6.07) is 20.6. The number of nitrogens with zero attached hydrogens (tertiary/aromatic N) is 1. The number of hydrazone groups is 1. The van der Waals surface area contributed by atoms with E-state index in [0.29, 0.717) is 10.9 Å². The van der Waals surface area contributed by atoms with Crippen LogP contribution in [0.4, 0.5) is 0 Å². The highest BCUT2D eigenvalue weighted by Crippen LogP contribution is 2.26. The summed E-state index contributed by atoms with van der Waals surface area (Å²) in [5.74, 6) is -0.617. The SMILES string of the molecule is CS(=O)(=O)c1c(C(=O)NN=Cc2ccc3ccccc3c2)[nH]c2ccccc12. The number of amides is 1. The van der Waals surface area contributed by atoms with Gasteiger partial charge in [0.25, 0.3) is 5.91 Å². The van der Waals surface area contributed by atoms with E-state index in [4.69, 9.17) is 0 Å². The number of benzene rings is 3. The normalized spacial score (nSPS) is 12.0. The Labute approximate surface area is 161 Å². The van der Waals surface area contributed by atoms with Gasteiger partial charge in [0.1, 0.15) is 10.6 Å². The van der Waals surface area contributed by atoms with E-state index >= 15 is 0 Å². The molecule has 1 amide bonds. The summed E-state index contributed by atoms with van der Waals surface area (Å²) in [4.78, 5) is 15.4. The van der Waals surface area contributed by atoms with Crippen molar-refractivity contribution in [2.75, 3.05) is 6.26 Å². The van der Waals surface area contributed by atoms with E-state index in [2.05, 4.69) is 15.5 Å². The number of fused-ring (bicyclic) bond motifs is 2. The molecule has 2 N–H and O–H groups in total. The Morgan fingerprint density at radius 3 is 2.50 bits per heavy atom. The Balaban J connectivity index is 1.62. The van der Waals surface area contributed by atoms with Gasteiger partial charge in [-0.15, -0.1) is 0 Å². The van der Waals surface area contributed by atoms with Gasteiger partial charge in [0, 0.05) is 17.2 Å². The van der Waals surface area contributed by atoms with E-state index in [1.165, 1.54) is 6.21 Å². The maximum absolute atomic E-state index is 12.6. The summed E-state index contributed by atoms with van der Waals surface area (Å²) in [7, 11) is -3.61. The number of hydrogen-bond acceptors (Lipinski definition) is 4. The van der Waals surface area contributed by atoms with Crippen LogP contribution in [0.25, 0.3) is 21.7 Å². The van der Waals surface area contributed by atoms with Crippen LogP contribution in [0, 0.1) is 0 Å². The molecule has 0 aliphatic heterocycles. The third-order valence-electron chi connectivity index (χ3n) is 4.41. The Bertz CT molecular complexity index is 1340. The minimum atomic E-state index is -3.61. The Hall–Kier alpha value is -3.45. The molecule has 0 bridgehead atoms. The fraction of sp³-hybridized carbons (Fsp3) is 0.0476. The zero-order valence-corrected chi connectivity index (χ0v) is 15.8. The fourth-order valence-electron chi connectivity index (χ4n) is 3.17. The number of sulfone groups is 1. The first-order chi connectivity index (χ1) is 13.4. The molecule has 3 aromatic carbocycles. The lowest BCUT2D eigenvalue weighted by Gasteiger charge is -2.02. The summed E-state index contributed by atoms with van der Waals surface area (Å²) < 4.78 is 24.4. The van der Waals surface area contributed by atoms with Crippen LogP contribution in [0.1, 0.15) is 16.1 Å². The smallest absolute Gasteiger partial charge is 0.289 e. The second-order valence-corrected chi connectivity index (χ2v) is 8.41. The number of rotatable bonds is 4. The molecule has 28 heavy (non-hydrogen) atoms. The van der Waals surface area contributed by atoms with Crippen LogP contribution < -0.4 is 5.43 Å². The first-order valence-electron chi connectivity index (χ1n) is 8.56. The fourth-order valence-corrected chi connectivity index (χ4v) is 4.26. The molecule has 140 valence electrons. The van der Waals surface area contributed by atoms with Crippen molar-refractivity contribution in [1.29, 1.82) is 0 Å². The molecular weight excluding hydrogens is 374 g/mol. The Kier molecular flexibility index (Phi) is 4.44. The molecule has 7 heteroatoms. The highest BCUT2D eigenvalue weighted by Gasteiger charge is 2.24. The third-order valence-corrected chi connectivity index (χ3v) is 5.58. The lowest BCUT2D eigenvalue weighted by molar-refractivity contribution is 0.0947. The maximum atomic E-state index is 12.6. The van der Waals surface area contributed by atoms with Gasteiger partial charge < -0.3 is 4.98 Å². The van der Waals surface area contributed by atoms with Gasteiger partial charge in [-0.2, -0.15) is 5.10 Å². The predicted molar refractivity (Wildman–Crippen MR) is 110 cm³/mol. The molecule has 0 aliphatic carbocycles. The first-order valence-corrected chi connectivity index (χ1v) is 10.5. The summed E-state index contributed by atoms with van der Waals surface area (Å²) in [6.45, 7) is 0. The molecule has 4 aromatic rings. The molecule has 6 nitrogen and oxygen atoms in total. The number of nitrogens with one attached hydrogen (secondary N) is 2. The number of carbonyl (C=O) groups is 1. The average Bonchev–Trinajstić information content (AvgIpc) is 3.08. The van der Waals surface area contributed by atoms with Gasteiger partial charge in [-0.3, -0.25) is 4.79 Å². The highest BCUT2D eigenvalue weighted by molar-refractivity contribution is 7.91. The summed E-state index contributed by atoms with van der Waals surface area (Å²) in [6.07, 6.45) is 2.60. The Morgan fingerprint density at radius 1 is 1.00 bits per heavy atom. The number of para-hydroxylation sites is 1. The van der Waals surface area contributed by atoms with Gasteiger partial charge in [0.15, 0.2) is 9.84 Å². The molecule has 0 aliphatic rings. The second-order valence-electron chi connectivity index (χ2n) is 6.45. The van der Waals surface area contributed by atoms with Gasteiger partial charge in [-0.25, -0.2) is 13.8 Å². The summed E-state index contributed by atoms with van der Waals surface area (Å²) >= 11 is 0. The molecular formula is C21H17N3O3S. The van der Waals surface area contributed by atoms with Gasteiger partial charge in [0.2, 0.25) is 0 Å². The molecule has 0 radical (unpaired) electrons.